The van der Waals surface area contributed by atoms with Crippen LogP contribution in [0.5, 0.6) is 0 Å². The predicted octanol–water partition coefficient (Wildman–Crippen LogP) is 4.45. The summed E-state index contributed by atoms with van der Waals surface area (Å²) < 4.78 is 0. The van der Waals surface area contributed by atoms with Gasteiger partial charge in [-0.3, -0.25) is 4.79 Å². The predicted molar refractivity (Wildman–Crippen MR) is 66.9 cm³/mol. The number of hydrogen-bond acceptors (Lipinski definition) is 1. The first-order valence-corrected chi connectivity index (χ1v) is 6.04. The molecule has 0 bridgehead atoms. The number of carbonyl (C=O) groups is 1. The van der Waals surface area contributed by atoms with Gasteiger partial charge in [-0.2, -0.15) is 0 Å². The Morgan fingerprint density at radius 1 is 1.00 bits per heavy atom. The van der Waals surface area contributed by atoms with Crippen LogP contribution in [-0.2, 0) is 4.79 Å². The highest BCUT2D eigenvalue weighted by molar-refractivity contribution is 5.80. The number of Topliss-reactive ketones (excluding diaryl/α,β-unsaturated/α-hetero) is 1. The van der Waals surface area contributed by atoms with Gasteiger partial charge in [-0.1, -0.05) is 48.5 Å². The number of rotatable bonds is 4. The fourth-order valence-corrected chi connectivity index (χ4v) is 1.78. The topological polar surface area (TPSA) is 17.1 Å². The van der Waals surface area contributed by atoms with Crippen molar-refractivity contribution in [1.82, 2.24) is 0 Å². The van der Waals surface area contributed by atoms with Gasteiger partial charge in [-0.25, -0.2) is 0 Å². The van der Waals surface area contributed by atoms with E-state index >= 15 is 0 Å². The molecule has 0 aromatic rings. The Morgan fingerprint density at radius 3 is 1.80 bits per heavy atom. The number of carbonyl (C=O) groups excluding carboxylic acids is 1. The molecule has 0 heterocycles. The zero-order valence-electron chi connectivity index (χ0n) is 11.6. The summed E-state index contributed by atoms with van der Waals surface area (Å²) in [6, 6.07) is 0. The van der Waals surface area contributed by atoms with E-state index in [4.69, 9.17) is 0 Å². The first-order valence-electron chi connectivity index (χ1n) is 6.04. The Hall–Kier alpha value is -0.330. The smallest absolute Gasteiger partial charge is 0.135 e. The van der Waals surface area contributed by atoms with Crippen LogP contribution >= 0.6 is 0 Å². The third kappa shape index (κ3) is 8.65. The molecule has 0 saturated heterocycles. The molecule has 0 amide bonds. The first-order chi connectivity index (χ1) is 6.51. The standard InChI is InChI=1S/C14H28O/c1-11(10-14(5,6)7)12(15)8-9-13(2,3)4/h11H,8-10H2,1-7H3. The van der Waals surface area contributed by atoms with Crippen molar-refractivity contribution in [2.24, 2.45) is 16.7 Å². The van der Waals surface area contributed by atoms with Crippen LogP contribution in [0.4, 0.5) is 0 Å². The van der Waals surface area contributed by atoms with Crippen LogP contribution in [-0.4, -0.2) is 5.78 Å². The Morgan fingerprint density at radius 2 is 1.47 bits per heavy atom. The van der Waals surface area contributed by atoms with E-state index in [9.17, 15) is 4.79 Å². The first kappa shape index (κ1) is 14.7. The lowest BCUT2D eigenvalue weighted by Crippen LogP contribution is -2.20. The largest absolute Gasteiger partial charge is 0.299 e. The van der Waals surface area contributed by atoms with Gasteiger partial charge in [0.25, 0.3) is 0 Å². The van der Waals surface area contributed by atoms with E-state index in [1.807, 2.05) is 0 Å². The summed E-state index contributed by atoms with van der Waals surface area (Å²) in [4.78, 5) is 11.9. The van der Waals surface area contributed by atoms with Crippen molar-refractivity contribution in [3.05, 3.63) is 0 Å². The molecule has 1 heteroatoms. The van der Waals surface area contributed by atoms with Gasteiger partial charge in [0.2, 0.25) is 0 Å². The molecule has 0 aliphatic carbocycles. The van der Waals surface area contributed by atoms with Gasteiger partial charge < -0.3 is 0 Å². The second-order valence-corrected chi connectivity index (χ2v) is 7.19. The molecule has 1 nitrogen and oxygen atoms in total. The van der Waals surface area contributed by atoms with Crippen LogP contribution in [0.3, 0.4) is 0 Å². The maximum Gasteiger partial charge on any atom is 0.135 e. The van der Waals surface area contributed by atoms with Crippen molar-refractivity contribution in [3.63, 3.8) is 0 Å². The van der Waals surface area contributed by atoms with Gasteiger partial charge >= 0.3 is 0 Å². The van der Waals surface area contributed by atoms with Crippen LogP contribution in [0.15, 0.2) is 0 Å². The average Bonchev–Trinajstić information content (AvgIpc) is 1.95. The van der Waals surface area contributed by atoms with Gasteiger partial charge in [0, 0.05) is 12.3 Å². The van der Waals surface area contributed by atoms with Gasteiger partial charge in [0.1, 0.15) is 5.78 Å². The van der Waals surface area contributed by atoms with Crippen LogP contribution < -0.4 is 0 Å². The summed E-state index contributed by atoms with van der Waals surface area (Å²) in [5.74, 6) is 0.646. The molecular weight excluding hydrogens is 184 g/mol. The maximum atomic E-state index is 11.9. The molecule has 0 fully saturated rings. The lowest BCUT2D eigenvalue weighted by molar-refractivity contribution is -0.123. The van der Waals surface area contributed by atoms with Crippen LogP contribution in [0, 0.1) is 16.7 Å². The number of ketones is 1. The summed E-state index contributed by atoms with van der Waals surface area (Å²) in [6.45, 7) is 15.2. The van der Waals surface area contributed by atoms with Gasteiger partial charge in [-0.05, 0) is 23.7 Å². The molecule has 0 N–H and O–H groups in total. The second kappa shape index (κ2) is 5.14. The molecular formula is C14H28O. The molecule has 1 atom stereocenters. The molecule has 0 radical (unpaired) electrons. The average molecular weight is 212 g/mol. The van der Waals surface area contributed by atoms with Crippen molar-refractivity contribution in [2.45, 2.75) is 67.7 Å². The Bertz CT molecular complexity index is 202. The highest BCUT2D eigenvalue weighted by Crippen LogP contribution is 2.27. The van der Waals surface area contributed by atoms with E-state index in [1.54, 1.807) is 0 Å². The van der Waals surface area contributed by atoms with Crippen LogP contribution in [0.25, 0.3) is 0 Å². The van der Waals surface area contributed by atoms with Crippen molar-refractivity contribution in [2.75, 3.05) is 0 Å². The minimum atomic E-state index is 0.215. The fourth-order valence-electron chi connectivity index (χ4n) is 1.78. The lowest BCUT2D eigenvalue weighted by atomic mass is 9.81. The zero-order valence-corrected chi connectivity index (χ0v) is 11.6. The lowest BCUT2D eigenvalue weighted by Gasteiger charge is -2.24. The third-order valence-corrected chi connectivity index (χ3v) is 2.59. The summed E-state index contributed by atoms with van der Waals surface area (Å²) in [7, 11) is 0. The van der Waals surface area contributed by atoms with Crippen molar-refractivity contribution in [3.8, 4) is 0 Å². The van der Waals surface area contributed by atoms with Crippen molar-refractivity contribution < 1.29 is 4.79 Å². The SMILES string of the molecule is CC(CC(C)(C)C)C(=O)CCC(C)(C)C. The maximum absolute atomic E-state index is 11.9. The molecule has 1 unspecified atom stereocenters. The highest BCUT2D eigenvalue weighted by atomic mass is 16.1. The summed E-state index contributed by atoms with van der Waals surface area (Å²) in [5.41, 5.74) is 0.536. The normalized spacial score (nSPS) is 15.1. The van der Waals surface area contributed by atoms with E-state index in [1.165, 1.54) is 0 Å². The van der Waals surface area contributed by atoms with Crippen molar-refractivity contribution in [1.29, 1.82) is 0 Å². The Labute approximate surface area is 95.6 Å². The van der Waals surface area contributed by atoms with E-state index in [0.717, 1.165) is 19.3 Å². The van der Waals surface area contributed by atoms with E-state index in [2.05, 4.69) is 48.5 Å². The molecule has 15 heavy (non-hydrogen) atoms. The summed E-state index contributed by atoms with van der Waals surface area (Å²) in [5, 5.41) is 0. The fraction of sp³-hybridized carbons (Fsp3) is 0.929. The quantitative estimate of drug-likeness (QED) is 0.672. The highest BCUT2D eigenvalue weighted by Gasteiger charge is 2.22. The molecule has 90 valence electrons. The zero-order chi connectivity index (χ0) is 12.3. The van der Waals surface area contributed by atoms with E-state index in [-0.39, 0.29) is 16.7 Å². The van der Waals surface area contributed by atoms with Gasteiger partial charge in [0.15, 0.2) is 0 Å². The van der Waals surface area contributed by atoms with Crippen molar-refractivity contribution >= 4 is 5.78 Å². The molecule has 0 aliphatic heterocycles. The second-order valence-electron chi connectivity index (χ2n) is 7.19. The number of hydrogen-bond donors (Lipinski definition) is 0. The molecule has 0 saturated carbocycles. The Balaban J connectivity index is 4.01. The summed E-state index contributed by atoms with van der Waals surface area (Å²) >= 11 is 0. The minimum absolute atomic E-state index is 0.215. The van der Waals surface area contributed by atoms with E-state index < -0.39 is 0 Å². The molecule has 0 aromatic heterocycles. The van der Waals surface area contributed by atoms with E-state index in [0.29, 0.717) is 5.78 Å². The van der Waals surface area contributed by atoms with Crippen LogP contribution in [0.1, 0.15) is 67.7 Å². The summed E-state index contributed by atoms with van der Waals surface area (Å²) in [6.07, 6.45) is 2.73. The van der Waals surface area contributed by atoms with Crippen LogP contribution in [0.2, 0.25) is 0 Å². The van der Waals surface area contributed by atoms with Gasteiger partial charge in [-0.15, -0.1) is 0 Å². The monoisotopic (exact) mass is 212 g/mol. The minimum Gasteiger partial charge on any atom is -0.299 e. The molecule has 0 aliphatic rings. The molecule has 0 spiro atoms. The molecule has 0 rings (SSSR count). The third-order valence-electron chi connectivity index (χ3n) is 2.59. The molecule has 0 aromatic carbocycles. The Kier molecular flexibility index (Phi) is 5.02. The van der Waals surface area contributed by atoms with Gasteiger partial charge in [0.05, 0.1) is 0 Å².